The molecule has 8 nitrogen and oxygen atoms in total. The number of ether oxygens (including phenoxy) is 1. The number of nitrogens with zero attached hydrogens (tertiary/aromatic N) is 2. The number of hydrogen-bond acceptors (Lipinski definition) is 6. The van der Waals surface area contributed by atoms with Crippen LogP contribution in [0.25, 0.3) is 0 Å². The summed E-state index contributed by atoms with van der Waals surface area (Å²) in [5.74, 6) is 0. The maximum atomic E-state index is 12.9. The second-order valence-corrected chi connectivity index (χ2v) is 11.2. The van der Waals surface area contributed by atoms with Crippen LogP contribution < -0.4 is 9.62 Å². The van der Waals surface area contributed by atoms with Gasteiger partial charge in [0.25, 0.3) is 10.0 Å². The van der Waals surface area contributed by atoms with Gasteiger partial charge in [0.2, 0.25) is 10.0 Å². The van der Waals surface area contributed by atoms with Gasteiger partial charge in [-0.25, -0.2) is 21.1 Å². The average Bonchev–Trinajstić information content (AvgIpc) is 3.21. The molecule has 1 unspecified atom stereocenters. The molecule has 2 aromatic carbocycles. The van der Waals surface area contributed by atoms with Crippen molar-refractivity contribution in [3.8, 4) is 0 Å². The minimum Gasteiger partial charge on any atom is -0.376 e. The van der Waals surface area contributed by atoms with E-state index in [1.807, 2.05) is 24.1 Å². The third kappa shape index (κ3) is 4.94. The first-order valence-electron chi connectivity index (χ1n) is 9.58. The molecule has 1 saturated heterocycles. The van der Waals surface area contributed by atoms with Gasteiger partial charge in [-0.1, -0.05) is 12.1 Å². The van der Waals surface area contributed by atoms with Crippen LogP contribution >= 0.6 is 0 Å². The summed E-state index contributed by atoms with van der Waals surface area (Å²) in [5.41, 5.74) is 1.19. The highest BCUT2D eigenvalue weighted by molar-refractivity contribution is 7.92. The molecule has 164 valence electrons. The van der Waals surface area contributed by atoms with Crippen molar-refractivity contribution in [3.05, 3.63) is 48.5 Å². The lowest BCUT2D eigenvalue weighted by molar-refractivity contribution is 0.116. The van der Waals surface area contributed by atoms with E-state index < -0.39 is 20.0 Å². The number of nitrogens with one attached hydrogen (secondary N) is 1. The second-order valence-electron chi connectivity index (χ2n) is 7.40. The fourth-order valence-electron chi connectivity index (χ4n) is 3.29. The Morgan fingerprint density at radius 1 is 0.967 bits per heavy atom. The van der Waals surface area contributed by atoms with Gasteiger partial charge in [-0.2, -0.15) is 0 Å². The van der Waals surface area contributed by atoms with Gasteiger partial charge in [0.15, 0.2) is 0 Å². The Morgan fingerprint density at radius 3 is 2.20 bits per heavy atom. The Balaban J connectivity index is 1.82. The highest BCUT2D eigenvalue weighted by Gasteiger charge is 2.22. The first kappa shape index (κ1) is 22.5. The lowest BCUT2D eigenvalue weighted by Crippen LogP contribution is -2.29. The number of anilines is 2. The molecule has 0 amide bonds. The summed E-state index contributed by atoms with van der Waals surface area (Å²) in [6.45, 7) is 1.42. The zero-order chi connectivity index (χ0) is 21.9. The zero-order valence-corrected chi connectivity index (χ0v) is 18.9. The maximum Gasteiger partial charge on any atom is 0.261 e. The van der Waals surface area contributed by atoms with Gasteiger partial charge in [0, 0.05) is 34.3 Å². The Labute approximate surface area is 178 Å². The van der Waals surface area contributed by atoms with E-state index in [-0.39, 0.29) is 15.9 Å². The van der Waals surface area contributed by atoms with Crippen molar-refractivity contribution in [2.75, 3.05) is 43.9 Å². The Kier molecular flexibility index (Phi) is 6.71. The minimum atomic E-state index is -3.90. The van der Waals surface area contributed by atoms with E-state index in [9.17, 15) is 16.8 Å². The van der Waals surface area contributed by atoms with Gasteiger partial charge in [-0.3, -0.25) is 4.72 Å². The summed E-state index contributed by atoms with van der Waals surface area (Å²) in [5, 5.41) is 0. The standard InChI is InChI=1S/C20H27N3O5S2/c1-22(2)30(26,27)18-12-10-17(11-13-18)29(24,25)21-19-8-4-5-9-20(19)23(3)15-16-7-6-14-28-16/h4-5,8-13,16,21H,6-7,14-15H2,1-3H3. The lowest BCUT2D eigenvalue weighted by atomic mass is 10.2. The molecule has 1 fully saturated rings. The van der Waals surface area contributed by atoms with Gasteiger partial charge in [0.1, 0.15) is 0 Å². The largest absolute Gasteiger partial charge is 0.376 e. The van der Waals surface area contributed by atoms with Crippen LogP contribution in [0.1, 0.15) is 12.8 Å². The zero-order valence-electron chi connectivity index (χ0n) is 17.3. The summed E-state index contributed by atoms with van der Waals surface area (Å²) >= 11 is 0. The SMILES string of the molecule is CN(CC1CCCO1)c1ccccc1NS(=O)(=O)c1ccc(S(=O)(=O)N(C)C)cc1. The van der Waals surface area contributed by atoms with Crippen LogP contribution in [-0.4, -0.2) is 61.5 Å². The first-order valence-corrected chi connectivity index (χ1v) is 12.5. The molecule has 0 aliphatic carbocycles. The summed E-state index contributed by atoms with van der Waals surface area (Å²) in [7, 11) is -2.78. The number of rotatable bonds is 8. The summed E-state index contributed by atoms with van der Waals surface area (Å²) in [6.07, 6.45) is 2.15. The molecule has 0 spiro atoms. The van der Waals surface area contributed by atoms with Crippen molar-refractivity contribution in [2.45, 2.75) is 28.7 Å². The van der Waals surface area contributed by atoms with E-state index in [1.54, 1.807) is 12.1 Å². The molecule has 1 atom stereocenters. The van der Waals surface area contributed by atoms with Crippen LogP contribution in [-0.2, 0) is 24.8 Å². The fourth-order valence-corrected chi connectivity index (χ4v) is 5.27. The molecule has 0 radical (unpaired) electrons. The summed E-state index contributed by atoms with van der Waals surface area (Å²) in [4.78, 5) is 1.99. The number of likely N-dealkylation sites (N-methyl/N-ethyl adjacent to an activating group) is 1. The molecule has 30 heavy (non-hydrogen) atoms. The van der Waals surface area contributed by atoms with Crippen molar-refractivity contribution < 1.29 is 21.6 Å². The molecular weight excluding hydrogens is 426 g/mol. The Morgan fingerprint density at radius 2 is 1.60 bits per heavy atom. The van der Waals surface area contributed by atoms with Crippen LogP contribution in [0.3, 0.4) is 0 Å². The van der Waals surface area contributed by atoms with Crippen molar-refractivity contribution >= 4 is 31.4 Å². The van der Waals surface area contributed by atoms with E-state index in [0.29, 0.717) is 12.2 Å². The predicted octanol–water partition coefficient (Wildman–Crippen LogP) is 2.35. The van der Waals surface area contributed by atoms with Gasteiger partial charge < -0.3 is 9.64 Å². The van der Waals surface area contributed by atoms with Gasteiger partial charge in [0.05, 0.1) is 27.3 Å². The third-order valence-corrected chi connectivity index (χ3v) is 8.18. The molecule has 1 N–H and O–H groups in total. The van der Waals surface area contributed by atoms with Crippen molar-refractivity contribution in [2.24, 2.45) is 0 Å². The first-order chi connectivity index (χ1) is 14.1. The number of hydrogen-bond donors (Lipinski definition) is 1. The van der Waals surface area contributed by atoms with Gasteiger partial charge >= 0.3 is 0 Å². The maximum absolute atomic E-state index is 12.9. The number of para-hydroxylation sites is 2. The van der Waals surface area contributed by atoms with E-state index in [4.69, 9.17) is 4.74 Å². The molecule has 0 bridgehead atoms. The molecule has 1 heterocycles. The summed E-state index contributed by atoms with van der Waals surface area (Å²) in [6, 6.07) is 12.3. The topological polar surface area (TPSA) is 96.0 Å². The Hall–Kier alpha value is -2.14. The van der Waals surface area contributed by atoms with Crippen molar-refractivity contribution in [1.29, 1.82) is 0 Å². The van der Waals surface area contributed by atoms with Crippen molar-refractivity contribution in [1.82, 2.24) is 4.31 Å². The minimum absolute atomic E-state index is 0.0169. The third-order valence-electron chi connectivity index (χ3n) is 4.97. The lowest BCUT2D eigenvalue weighted by Gasteiger charge is -2.25. The monoisotopic (exact) mass is 453 g/mol. The highest BCUT2D eigenvalue weighted by atomic mass is 32.2. The fraction of sp³-hybridized carbons (Fsp3) is 0.400. The van der Waals surface area contributed by atoms with E-state index in [0.717, 1.165) is 29.4 Å². The molecule has 1 aliphatic heterocycles. The van der Waals surface area contributed by atoms with E-state index in [1.165, 1.54) is 38.4 Å². The normalized spacial score (nSPS) is 17.3. The smallest absolute Gasteiger partial charge is 0.261 e. The number of benzene rings is 2. The molecule has 1 aliphatic rings. The van der Waals surface area contributed by atoms with Crippen molar-refractivity contribution in [3.63, 3.8) is 0 Å². The molecule has 3 rings (SSSR count). The average molecular weight is 454 g/mol. The van der Waals surface area contributed by atoms with Gasteiger partial charge in [-0.05, 0) is 49.2 Å². The van der Waals surface area contributed by atoms with E-state index >= 15 is 0 Å². The molecule has 10 heteroatoms. The number of sulfonamides is 2. The van der Waals surface area contributed by atoms with E-state index in [2.05, 4.69) is 4.72 Å². The highest BCUT2D eigenvalue weighted by Crippen LogP contribution is 2.28. The predicted molar refractivity (Wildman–Crippen MR) is 117 cm³/mol. The van der Waals surface area contributed by atoms with Gasteiger partial charge in [-0.15, -0.1) is 0 Å². The van der Waals surface area contributed by atoms with Crippen LogP contribution in [0.2, 0.25) is 0 Å². The van der Waals surface area contributed by atoms with Crippen LogP contribution in [0, 0.1) is 0 Å². The van der Waals surface area contributed by atoms with Crippen LogP contribution in [0.15, 0.2) is 58.3 Å². The van der Waals surface area contributed by atoms with Crippen LogP contribution in [0.5, 0.6) is 0 Å². The summed E-state index contributed by atoms with van der Waals surface area (Å²) < 4.78 is 59.6. The molecular formula is C20H27N3O5S2. The Bertz CT molecular complexity index is 1080. The van der Waals surface area contributed by atoms with Crippen LogP contribution in [0.4, 0.5) is 11.4 Å². The quantitative estimate of drug-likeness (QED) is 0.659. The molecule has 0 aromatic heterocycles. The second kappa shape index (κ2) is 8.93. The molecule has 2 aromatic rings. The molecule has 0 saturated carbocycles.